The highest BCUT2D eigenvalue weighted by atomic mass is 35.5. The third-order valence-corrected chi connectivity index (χ3v) is 5.44. The number of amides is 1. The zero-order valence-electron chi connectivity index (χ0n) is 14.8. The summed E-state index contributed by atoms with van der Waals surface area (Å²) in [6.45, 7) is 1.92. The molecule has 1 amide bonds. The van der Waals surface area contributed by atoms with Gasteiger partial charge in [-0.3, -0.25) is 4.79 Å². The van der Waals surface area contributed by atoms with Crippen LogP contribution in [0.15, 0.2) is 47.6 Å². The van der Waals surface area contributed by atoms with Crippen LogP contribution in [0.5, 0.6) is 5.75 Å². The van der Waals surface area contributed by atoms with E-state index in [2.05, 4.69) is 15.5 Å². The van der Waals surface area contributed by atoms with Crippen LogP contribution in [0, 0.1) is 6.92 Å². The van der Waals surface area contributed by atoms with Crippen molar-refractivity contribution < 1.29 is 9.53 Å². The van der Waals surface area contributed by atoms with Crippen LogP contribution in [0.1, 0.15) is 26.5 Å². The maximum Gasteiger partial charge on any atom is 0.283 e. The minimum absolute atomic E-state index is 0.203. The van der Waals surface area contributed by atoms with Gasteiger partial charge in [-0.1, -0.05) is 52.7 Å². The molecule has 0 radical (unpaired) electrons. The molecule has 3 N–H and O–H groups in total. The van der Waals surface area contributed by atoms with Crippen molar-refractivity contribution in [2.75, 3.05) is 5.73 Å². The van der Waals surface area contributed by atoms with Gasteiger partial charge in [0, 0.05) is 21.2 Å². The Bertz CT molecular complexity index is 1020. The zero-order valence-corrected chi connectivity index (χ0v) is 17.1. The maximum atomic E-state index is 12.2. The lowest BCUT2D eigenvalue weighted by Gasteiger charge is -2.11. The van der Waals surface area contributed by atoms with Crippen LogP contribution >= 0.6 is 34.5 Å². The summed E-state index contributed by atoms with van der Waals surface area (Å²) in [4.78, 5) is 16.6. The first kappa shape index (κ1) is 20.1. The van der Waals surface area contributed by atoms with E-state index in [4.69, 9.17) is 33.7 Å². The van der Waals surface area contributed by atoms with Gasteiger partial charge in [0.25, 0.3) is 5.91 Å². The number of carbonyl (C=O) groups excluding carboxylic acids is 1. The molecule has 3 rings (SSSR count). The number of halogens is 2. The highest BCUT2D eigenvalue weighted by Crippen LogP contribution is 2.26. The van der Waals surface area contributed by atoms with E-state index in [1.165, 1.54) is 6.21 Å². The Morgan fingerprint density at radius 3 is 2.64 bits per heavy atom. The first-order chi connectivity index (χ1) is 13.5. The minimum atomic E-state index is -0.371. The van der Waals surface area contributed by atoms with E-state index >= 15 is 0 Å². The predicted molar refractivity (Wildman–Crippen MR) is 114 cm³/mol. The van der Waals surface area contributed by atoms with Crippen LogP contribution in [0.25, 0.3) is 0 Å². The maximum absolute atomic E-state index is 12.2. The van der Waals surface area contributed by atoms with Crippen molar-refractivity contribution in [2.45, 2.75) is 13.5 Å². The Morgan fingerprint density at radius 2 is 1.96 bits per heavy atom. The number of nitrogen functional groups attached to an aromatic ring is 1. The summed E-state index contributed by atoms with van der Waals surface area (Å²) in [6, 6.07) is 12.6. The van der Waals surface area contributed by atoms with Gasteiger partial charge in [-0.25, -0.2) is 10.4 Å². The highest BCUT2D eigenvalue weighted by Gasteiger charge is 2.13. The Kier molecular flexibility index (Phi) is 6.51. The number of carbonyl (C=O) groups is 1. The number of ether oxygens (including phenoxy) is 1. The molecule has 0 saturated heterocycles. The molecule has 6 nitrogen and oxygen atoms in total. The lowest BCUT2D eigenvalue weighted by molar-refractivity contribution is 0.0958. The predicted octanol–water partition coefficient (Wildman–Crippen LogP) is 4.68. The summed E-state index contributed by atoms with van der Waals surface area (Å²) in [5.41, 5.74) is 10.0. The molecule has 2 aromatic carbocycles. The summed E-state index contributed by atoms with van der Waals surface area (Å²) >= 11 is 13.5. The fraction of sp³-hybridized carbons (Fsp3) is 0.105. The van der Waals surface area contributed by atoms with Crippen molar-refractivity contribution in [3.8, 4) is 5.75 Å². The standard InChI is InChI=1S/C19H16Cl2N4O2S/c1-11-17(28-19(22)24-11)18(26)25-23-9-12-5-2-3-8-16(12)27-10-13-14(20)6-4-7-15(13)21/h2-9H,10H2,1H3,(H2,22,24)(H,25,26)/b23-9-. The summed E-state index contributed by atoms with van der Waals surface area (Å²) < 4.78 is 5.85. The number of anilines is 1. The van der Waals surface area contributed by atoms with Crippen LogP contribution in [-0.2, 0) is 6.61 Å². The van der Waals surface area contributed by atoms with Crippen LogP contribution in [0.3, 0.4) is 0 Å². The number of benzene rings is 2. The van der Waals surface area contributed by atoms with Gasteiger partial charge >= 0.3 is 0 Å². The average molecular weight is 435 g/mol. The van der Waals surface area contributed by atoms with Crippen molar-refractivity contribution in [3.63, 3.8) is 0 Å². The molecule has 9 heteroatoms. The fourth-order valence-electron chi connectivity index (χ4n) is 2.38. The normalized spacial score (nSPS) is 11.0. The minimum Gasteiger partial charge on any atom is -0.488 e. The second-order valence-corrected chi connectivity index (χ2v) is 7.54. The van der Waals surface area contributed by atoms with Crippen LogP contribution in [0.4, 0.5) is 5.13 Å². The molecule has 0 spiro atoms. The number of nitrogens with one attached hydrogen (secondary N) is 1. The summed E-state index contributed by atoms with van der Waals surface area (Å²) in [7, 11) is 0. The number of thiazole rings is 1. The van der Waals surface area contributed by atoms with E-state index in [1.54, 1.807) is 31.2 Å². The van der Waals surface area contributed by atoms with Gasteiger partial charge in [0.15, 0.2) is 5.13 Å². The zero-order chi connectivity index (χ0) is 20.1. The molecule has 144 valence electrons. The van der Waals surface area contributed by atoms with Crippen molar-refractivity contribution in [1.82, 2.24) is 10.4 Å². The van der Waals surface area contributed by atoms with Gasteiger partial charge in [-0.15, -0.1) is 0 Å². The van der Waals surface area contributed by atoms with Gasteiger partial charge < -0.3 is 10.5 Å². The SMILES string of the molecule is Cc1nc(N)sc1C(=O)N/N=C\c1ccccc1OCc1c(Cl)cccc1Cl. The van der Waals surface area contributed by atoms with Crippen LogP contribution in [-0.4, -0.2) is 17.1 Å². The molecule has 0 fully saturated rings. The molecule has 0 bridgehead atoms. The first-order valence-electron chi connectivity index (χ1n) is 8.16. The molecule has 28 heavy (non-hydrogen) atoms. The number of aromatic nitrogens is 1. The second kappa shape index (κ2) is 9.05. The Balaban J connectivity index is 1.69. The van der Waals surface area contributed by atoms with Crippen LogP contribution in [0.2, 0.25) is 10.0 Å². The number of hydrogen-bond acceptors (Lipinski definition) is 6. The second-order valence-electron chi connectivity index (χ2n) is 5.69. The lowest BCUT2D eigenvalue weighted by atomic mass is 10.2. The molecule has 0 saturated carbocycles. The van der Waals surface area contributed by atoms with Crippen molar-refractivity contribution in [3.05, 3.63) is 74.2 Å². The molecular weight excluding hydrogens is 419 g/mol. The van der Waals surface area contributed by atoms with E-state index in [9.17, 15) is 4.79 Å². The van der Waals surface area contributed by atoms with Gasteiger partial charge in [-0.05, 0) is 31.2 Å². The van der Waals surface area contributed by atoms with E-state index in [0.717, 1.165) is 11.3 Å². The summed E-state index contributed by atoms with van der Waals surface area (Å²) in [5.74, 6) is 0.207. The average Bonchev–Trinajstić information content (AvgIpc) is 3.00. The monoisotopic (exact) mass is 434 g/mol. The Morgan fingerprint density at radius 1 is 1.25 bits per heavy atom. The fourth-order valence-corrected chi connectivity index (χ4v) is 3.61. The summed E-state index contributed by atoms with van der Waals surface area (Å²) in [6.07, 6.45) is 1.50. The topological polar surface area (TPSA) is 89.6 Å². The van der Waals surface area contributed by atoms with Gasteiger partial charge in [0.05, 0.1) is 11.9 Å². The van der Waals surface area contributed by atoms with Gasteiger partial charge in [-0.2, -0.15) is 5.10 Å². The molecule has 0 atom stereocenters. The molecular formula is C19H16Cl2N4O2S. The molecule has 0 aliphatic carbocycles. The van der Waals surface area contributed by atoms with Crippen molar-refractivity contribution in [1.29, 1.82) is 0 Å². The molecule has 0 unspecified atom stereocenters. The third-order valence-electron chi connectivity index (χ3n) is 3.74. The number of hydrazone groups is 1. The third kappa shape index (κ3) is 4.81. The number of hydrogen-bond donors (Lipinski definition) is 2. The number of nitrogens with two attached hydrogens (primary N) is 1. The molecule has 0 aliphatic heterocycles. The van der Waals surface area contributed by atoms with Gasteiger partial charge in [0.1, 0.15) is 17.2 Å². The Hall–Kier alpha value is -2.61. The largest absolute Gasteiger partial charge is 0.488 e. The molecule has 3 aromatic rings. The number of rotatable bonds is 6. The van der Waals surface area contributed by atoms with Gasteiger partial charge in [0.2, 0.25) is 0 Å². The summed E-state index contributed by atoms with van der Waals surface area (Å²) in [5, 5.41) is 5.40. The van der Waals surface area contributed by atoms with Crippen LogP contribution < -0.4 is 15.9 Å². The number of aryl methyl sites for hydroxylation is 1. The number of para-hydroxylation sites is 1. The van der Waals surface area contributed by atoms with Crippen molar-refractivity contribution >= 4 is 51.8 Å². The quantitative estimate of drug-likeness (QED) is 0.435. The molecule has 1 heterocycles. The smallest absolute Gasteiger partial charge is 0.283 e. The van der Waals surface area contributed by atoms with E-state index in [1.807, 2.05) is 18.2 Å². The molecule has 0 aliphatic rings. The van der Waals surface area contributed by atoms with Crippen molar-refractivity contribution in [2.24, 2.45) is 5.10 Å². The molecule has 1 aromatic heterocycles. The van der Waals surface area contributed by atoms with E-state index in [0.29, 0.717) is 42.6 Å². The van der Waals surface area contributed by atoms with E-state index in [-0.39, 0.29) is 12.5 Å². The van der Waals surface area contributed by atoms with E-state index < -0.39 is 0 Å². The Labute approximate surface area is 176 Å². The lowest BCUT2D eigenvalue weighted by Crippen LogP contribution is -2.17. The first-order valence-corrected chi connectivity index (χ1v) is 9.74. The number of nitrogens with zero attached hydrogens (tertiary/aromatic N) is 2. The highest BCUT2D eigenvalue weighted by molar-refractivity contribution is 7.17.